The highest BCUT2D eigenvalue weighted by atomic mass is 127. The van der Waals surface area contributed by atoms with Gasteiger partial charge in [-0.25, -0.2) is 4.99 Å². The second kappa shape index (κ2) is 10.1. The zero-order valence-corrected chi connectivity index (χ0v) is 16.8. The van der Waals surface area contributed by atoms with E-state index in [1.807, 2.05) is 32.3 Å². The first kappa shape index (κ1) is 20.2. The van der Waals surface area contributed by atoms with E-state index < -0.39 is 0 Å². The van der Waals surface area contributed by atoms with Crippen LogP contribution >= 0.6 is 24.0 Å². The van der Waals surface area contributed by atoms with Crippen LogP contribution in [0.2, 0.25) is 0 Å². The van der Waals surface area contributed by atoms with Crippen molar-refractivity contribution in [1.82, 2.24) is 10.3 Å². The van der Waals surface area contributed by atoms with Gasteiger partial charge in [-0.15, -0.1) is 24.0 Å². The Hall–Kier alpha value is -1.83. The van der Waals surface area contributed by atoms with Gasteiger partial charge in [0.15, 0.2) is 5.96 Å². The van der Waals surface area contributed by atoms with Crippen molar-refractivity contribution in [2.75, 3.05) is 25.5 Å². The molecule has 0 aliphatic rings. The average molecular weight is 439 g/mol. The fourth-order valence-corrected chi connectivity index (χ4v) is 2.23. The summed E-state index contributed by atoms with van der Waals surface area (Å²) in [5.74, 6) is 0.469. The molecule has 2 aromatic rings. The van der Waals surface area contributed by atoms with E-state index in [4.69, 9.17) is 5.73 Å². The van der Waals surface area contributed by atoms with Gasteiger partial charge in [0.2, 0.25) is 0 Å². The number of aryl methyl sites for hydroxylation is 1. The van der Waals surface area contributed by atoms with Crippen molar-refractivity contribution in [1.29, 1.82) is 0 Å². The van der Waals surface area contributed by atoms with Crippen LogP contribution < -0.4 is 16.0 Å². The summed E-state index contributed by atoms with van der Waals surface area (Å²) in [7, 11) is 4.08. The number of rotatable bonds is 6. The van der Waals surface area contributed by atoms with Crippen LogP contribution in [0.25, 0.3) is 0 Å². The first-order chi connectivity index (χ1) is 11.1. The monoisotopic (exact) mass is 439 g/mol. The number of aromatic nitrogens is 1. The van der Waals surface area contributed by atoms with Crippen LogP contribution in [0.3, 0.4) is 0 Å². The molecule has 3 N–H and O–H groups in total. The minimum atomic E-state index is 0. The van der Waals surface area contributed by atoms with Crippen molar-refractivity contribution in [3.05, 3.63) is 59.4 Å². The highest BCUT2D eigenvalue weighted by molar-refractivity contribution is 14.0. The molecule has 0 amide bonds. The van der Waals surface area contributed by atoms with Crippen LogP contribution in [0.5, 0.6) is 0 Å². The molecule has 0 fully saturated rings. The van der Waals surface area contributed by atoms with Crippen molar-refractivity contribution in [3.63, 3.8) is 0 Å². The molecule has 1 heterocycles. The molecule has 0 bridgehead atoms. The number of hydrogen-bond acceptors (Lipinski definition) is 3. The molecule has 0 saturated heterocycles. The summed E-state index contributed by atoms with van der Waals surface area (Å²) >= 11 is 0. The summed E-state index contributed by atoms with van der Waals surface area (Å²) in [5.41, 5.74) is 10.6. The maximum atomic E-state index is 5.92. The Labute approximate surface area is 161 Å². The summed E-state index contributed by atoms with van der Waals surface area (Å²) in [4.78, 5) is 10.8. The zero-order chi connectivity index (χ0) is 16.7. The van der Waals surface area contributed by atoms with E-state index in [0.717, 1.165) is 18.7 Å². The highest BCUT2D eigenvalue weighted by Gasteiger charge is 2.02. The van der Waals surface area contributed by atoms with Crippen LogP contribution in [0.4, 0.5) is 5.69 Å². The lowest BCUT2D eigenvalue weighted by Gasteiger charge is -2.14. The molecule has 0 spiro atoms. The molecular weight excluding hydrogens is 413 g/mol. The number of guanidine groups is 1. The molecule has 0 radical (unpaired) electrons. The van der Waals surface area contributed by atoms with Gasteiger partial charge in [-0.05, 0) is 42.3 Å². The fourth-order valence-electron chi connectivity index (χ4n) is 2.23. The number of halogens is 1. The van der Waals surface area contributed by atoms with E-state index in [-0.39, 0.29) is 24.0 Å². The lowest BCUT2D eigenvalue weighted by molar-refractivity contribution is 0.827. The Bertz CT molecular complexity index is 656. The topological polar surface area (TPSA) is 66.5 Å². The van der Waals surface area contributed by atoms with Crippen LogP contribution in [-0.4, -0.2) is 31.6 Å². The number of nitrogens with two attached hydrogens (primary N) is 1. The minimum Gasteiger partial charge on any atom is -0.378 e. The molecule has 0 aliphatic heterocycles. The third-order valence-corrected chi connectivity index (χ3v) is 3.68. The number of nitrogens with zero attached hydrogens (tertiary/aromatic N) is 3. The quantitative estimate of drug-likeness (QED) is 0.413. The Morgan fingerprint density at radius 2 is 2.04 bits per heavy atom. The molecule has 1 aromatic carbocycles. The molecule has 24 heavy (non-hydrogen) atoms. The van der Waals surface area contributed by atoms with E-state index in [9.17, 15) is 0 Å². The van der Waals surface area contributed by atoms with Crippen molar-refractivity contribution < 1.29 is 0 Å². The predicted molar refractivity (Wildman–Crippen MR) is 112 cm³/mol. The van der Waals surface area contributed by atoms with Gasteiger partial charge in [0.05, 0.1) is 6.54 Å². The molecule has 0 saturated carbocycles. The Morgan fingerprint density at radius 1 is 1.25 bits per heavy atom. The average Bonchev–Trinajstić information content (AvgIpc) is 2.54. The lowest BCUT2D eigenvalue weighted by atomic mass is 10.1. The second-order valence-corrected chi connectivity index (χ2v) is 5.70. The Morgan fingerprint density at radius 3 is 2.67 bits per heavy atom. The lowest BCUT2D eigenvalue weighted by Crippen LogP contribution is -2.33. The largest absolute Gasteiger partial charge is 0.378 e. The van der Waals surface area contributed by atoms with Crippen molar-refractivity contribution in [2.45, 2.75) is 19.9 Å². The minimum absolute atomic E-state index is 0. The molecule has 0 atom stereocenters. The van der Waals surface area contributed by atoms with Gasteiger partial charge in [0, 0.05) is 44.6 Å². The molecule has 0 unspecified atom stereocenters. The summed E-state index contributed by atoms with van der Waals surface area (Å²) in [6, 6.07) is 12.3. The fraction of sp³-hybridized carbons (Fsp3) is 0.333. The SMILES string of the molecule is Cc1cc(N(C)C)ccc1CN=C(N)NCCc1ccccn1.I. The summed E-state index contributed by atoms with van der Waals surface area (Å²) in [6.07, 6.45) is 2.63. The van der Waals surface area contributed by atoms with Gasteiger partial charge >= 0.3 is 0 Å². The molecule has 1 aromatic heterocycles. The Balaban J connectivity index is 0.00000288. The number of nitrogens with one attached hydrogen (secondary N) is 1. The normalized spacial score (nSPS) is 10.9. The standard InChI is InChI=1S/C18H25N5.HI/c1-14-12-17(23(2)3)8-7-15(14)13-22-18(19)21-11-9-16-6-4-5-10-20-16;/h4-8,10,12H,9,11,13H2,1-3H3,(H3,19,21,22);1H. The van der Waals surface area contributed by atoms with Gasteiger partial charge < -0.3 is 16.0 Å². The van der Waals surface area contributed by atoms with Crippen molar-refractivity contribution in [2.24, 2.45) is 10.7 Å². The smallest absolute Gasteiger partial charge is 0.188 e. The first-order valence-corrected chi connectivity index (χ1v) is 7.77. The van der Waals surface area contributed by atoms with Gasteiger partial charge in [0.25, 0.3) is 0 Å². The van der Waals surface area contributed by atoms with Crippen LogP contribution in [-0.2, 0) is 13.0 Å². The summed E-state index contributed by atoms with van der Waals surface area (Å²) in [5, 5.41) is 3.13. The number of hydrogen-bond donors (Lipinski definition) is 2. The van der Waals surface area contributed by atoms with E-state index in [1.54, 1.807) is 6.20 Å². The van der Waals surface area contributed by atoms with Gasteiger partial charge in [0.1, 0.15) is 0 Å². The maximum absolute atomic E-state index is 5.92. The summed E-state index contributed by atoms with van der Waals surface area (Å²) < 4.78 is 0. The molecule has 0 aliphatic carbocycles. The molecular formula is C18H26IN5. The molecule has 6 heteroatoms. The molecule has 5 nitrogen and oxygen atoms in total. The van der Waals surface area contributed by atoms with Gasteiger partial charge in [-0.2, -0.15) is 0 Å². The predicted octanol–water partition coefficient (Wildman–Crippen LogP) is 2.72. The van der Waals surface area contributed by atoms with Gasteiger partial charge in [-0.1, -0.05) is 12.1 Å². The van der Waals surface area contributed by atoms with E-state index in [2.05, 4.69) is 45.3 Å². The molecule has 130 valence electrons. The number of benzene rings is 1. The summed E-state index contributed by atoms with van der Waals surface area (Å²) in [6.45, 7) is 3.41. The van der Waals surface area contributed by atoms with Gasteiger partial charge in [-0.3, -0.25) is 4.98 Å². The number of pyridine rings is 1. The first-order valence-electron chi connectivity index (χ1n) is 7.77. The number of anilines is 1. The zero-order valence-electron chi connectivity index (χ0n) is 14.5. The third-order valence-electron chi connectivity index (χ3n) is 3.68. The molecule has 2 rings (SSSR count). The number of aliphatic imine (C=N–C) groups is 1. The highest BCUT2D eigenvalue weighted by Crippen LogP contribution is 2.17. The maximum Gasteiger partial charge on any atom is 0.188 e. The third kappa shape index (κ3) is 6.35. The van der Waals surface area contributed by atoms with E-state index in [1.165, 1.54) is 16.8 Å². The van der Waals surface area contributed by atoms with Crippen LogP contribution in [0.15, 0.2) is 47.6 Å². The van der Waals surface area contributed by atoms with Crippen LogP contribution in [0, 0.1) is 6.92 Å². The van der Waals surface area contributed by atoms with Crippen molar-refractivity contribution >= 4 is 35.6 Å². The second-order valence-electron chi connectivity index (χ2n) is 5.70. The van der Waals surface area contributed by atoms with Crippen LogP contribution in [0.1, 0.15) is 16.8 Å². The van der Waals surface area contributed by atoms with Crippen molar-refractivity contribution in [3.8, 4) is 0 Å². The van der Waals surface area contributed by atoms with E-state index in [0.29, 0.717) is 12.5 Å². The van der Waals surface area contributed by atoms with E-state index >= 15 is 0 Å². The Kier molecular flexibility index (Phi) is 8.53.